The van der Waals surface area contributed by atoms with Crippen LogP contribution in [-0.4, -0.2) is 4.21 Å². The predicted octanol–water partition coefficient (Wildman–Crippen LogP) is 13.2. The number of hydrogen-bond donors (Lipinski definition) is 0. The van der Waals surface area contributed by atoms with Gasteiger partial charge in [0.2, 0.25) is 0 Å². The van der Waals surface area contributed by atoms with Gasteiger partial charge in [0.1, 0.15) is 0 Å². The van der Waals surface area contributed by atoms with Crippen molar-refractivity contribution in [3.05, 3.63) is 96.8 Å². The van der Waals surface area contributed by atoms with Gasteiger partial charge in [0.25, 0.3) is 0 Å². The molecule has 4 aromatic carbocycles. The number of fused-ring (bicyclic) bond motifs is 3. The van der Waals surface area contributed by atoms with E-state index in [1.54, 1.807) is 0 Å². The minimum Gasteiger partial charge on any atom is -0.214 e. The summed E-state index contributed by atoms with van der Waals surface area (Å²) >= 11 is 1.30. The molecule has 0 aliphatic heterocycles. The standard InChI is InChI=1S/C29H41.C5H5.2C4H9.CH2.Zr/c1-26(2,3)22-14-18-13-19-15-23(27(4,5)6)25(29(10,11)12)17-21(19)20(18)16-24(22)28(7,8)9;1-2-4-5-3-1;2*1-4(2)3;;/h13-17H,1-12H3;1-5H;2*4H,1H2,2-3H3;1H2;/q4*-1;;. The van der Waals surface area contributed by atoms with Gasteiger partial charge in [0.05, 0.1) is 0 Å². The van der Waals surface area contributed by atoms with Gasteiger partial charge in [-0.3, -0.25) is 0 Å². The van der Waals surface area contributed by atoms with Crippen molar-refractivity contribution in [2.75, 3.05) is 0 Å². The largest absolute Gasteiger partial charge is 0.214 e. The summed E-state index contributed by atoms with van der Waals surface area (Å²) in [5.74, 6) is 1.17. The summed E-state index contributed by atoms with van der Waals surface area (Å²) in [6.07, 6.45) is 0. The van der Waals surface area contributed by atoms with E-state index >= 15 is 0 Å². The van der Waals surface area contributed by atoms with Crippen LogP contribution in [0, 0.1) is 25.7 Å². The molecule has 0 aromatic heterocycles. The average Bonchev–Trinajstić information content (AvgIpc) is 3.52. The Bertz CT molecular complexity index is 1250. The molecule has 246 valence electrons. The molecule has 0 spiro atoms. The second kappa shape index (κ2) is 17.4. The first-order chi connectivity index (χ1) is 19.9. The molecule has 0 N–H and O–H groups in total. The van der Waals surface area contributed by atoms with Crippen LogP contribution in [0.4, 0.5) is 0 Å². The van der Waals surface area contributed by atoms with Crippen LogP contribution in [-0.2, 0) is 45.9 Å². The van der Waals surface area contributed by atoms with Gasteiger partial charge in [-0.2, -0.15) is 30.0 Å². The molecule has 0 bridgehead atoms. The van der Waals surface area contributed by atoms with Crippen LogP contribution in [0.5, 0.6) is 0 Å². The molecule has 0 nitrogen and oxygen atoms in total. The number of rotatable bonds is 0. The van der Waals surface area contributed by atoms with Crippen molar-refractivity contribution in [1.82, 2.24) is 0 Å². The molecule has 0 heterocycles. The summed E-state index contributed by atoms with van der Waals surface area (Å²) in [5.41, 5.74) is 6.40. The van der Waals surface area contributed by atoms with E-state index in [0.717, 1.165) is 0 Å². The van der Waals surface area contributed by atoms with Crippen LogP contribution in [0.3, 0.4) is 0 Å². The zero-order valence-electron chi connectivity index (χ0n) is 31.5. The van der Waals surface area contributed by atoms with E-state index in [-0.39, 0.29) is 21.7 Å². The molecule has 0 fully saturated rings. The van der Waals surface area contributed by atoms with Gasteiger partial charge in [0, 0.05) is 0 Å². The van der Waals surface area contributed by atoms with Crippen molar-refractivity contribution < 1.29 is 24.2 Å². The molecule has 0 radical (unpaired) electrons. The van der Waals surface area contributed by atoms with Crippen LogP contribution >= 0.6 is 0 Å². The molecule has 0 unspecified atom stereocenters. The molecule has 0 saturated heterocycles. The van der Waals surface area contributed by atoms with Gasteiger partial charge in [-0.15, -0.1) is 39.7 Å². The fourth-order valence-corrected chi connectivity index (χ4v) is 4.91. The predicted molar refractivity (Wildman–Crippen MR) is 201 cm³/mol. The summed E-state index contributed by atoms with van der Waals surface area (Å²) in [7, 11) is 0. The molecule has 0 aliphatic rings. The molecule has 0 saturated carbocycles. The number of benzene rings is 2. The maximum absolute atomic E-state index is 3.64. The Labute approximate surface area is 289 Å². The summed E-state index contributed by atoms with van der Waals surface area (Å²) in [4.78, 5) is 0. The third kappa shape index (κ3) is 13.8. The maximum Gasteiger partial charge on any atom is -0.172 e. The molecule has 44 heavy (non-hydrogen) atoms. The third-order valence-electron chi connectivity index (χ3n) is 6.77. The molecule has 0 aliphatic carbocycles. The van der Waals surface area contributed by atoms with E-state index in [1.165, 1.54) is 68.0 Å². The van der Waals surface area contributed by atoms with Crippen LogP contribution in [0.1, 0.15) is 133 Å². The van der Waals surface area contributed by atoms with Gasteiger partial charge >= 0.3 is 28.4 Å². The first-order valence-electron chi connectivity index (χ1n) is 16.3. The fraction of sp³-hybridized carbons (Fsp3) is 0.512. The van der Waals surface area contributed by atoms with Gasteiger partial charge in [-0.1, -0.05) is 145 Å². The van der Waals surface area contributed by atoms with Crippen molar-refractivity contribution in [1.29, 1.82) is 0 Å². The van der Waals surface area contributed by atoms with Crippen LogP contribution in [0.15, 0.2) is 60.7 Å². The first kappa shape index (κ1) is 42.4. The minimum atomic E-state index is 0.124. The van der Waals surface area contributed by atoms with E-state index in [9.17, 15) is 0 Å². The topological polar surface area (TPSA) is 0 Å². The molecule has 1 heteroatoms. The van der Waals surface area contributed by atoms with E-state index < -0.39 is 0 Å². The van der Waals surface area contributed by atoms with Crippen LogP contribution in [0.2, 0.25) is 0 Å². The molecular formula is C43H66Zr-4. The Morgan fingerprint density at radius 2 is 0.750 bits per heavy atom. The Kier molecular flexibility index (Phi) is 16.7. The third-order valence-corrected chi connectivity index (χ3v) is 6.77. The van der Waals surface area contributed by atoms with Crippen molar-refractivity contribution in [2.45, 2.75) is 132 Å². The summed E-state index contributed by atoms with van der Waals surface area (Å²) < 4.78 is 3.34. The molecular weight excluding hydrogens is 608 g/mol. The van der Waals surface area contributed by atoms with Crippen LogP contribution < -0.4 is 0 Å². The van der Waals surface area contributed by atoms with Gasteiger partial charge in [-0.25, -0.2) is 12.1 Å². The molecule has 0 atom stereocenters. The second-order valence-corrected chi connectivity index (χ2v) is 16.9. The van der Waals surface area contributed by atoms with E-state index in [4.69, 9.17) is 0 Å². The Balaban J connectivity index is 0.00000102. The van der Waals surface area contributed by atoms with Crippen molar-refractivity contribution in [2.24, 2.45) is 11.8 Å². The maximum atomic E-state index is 3.64. The monoisotopic (exact) mass is 672 g/mol. The first-order valence-corrected chi connectivity index (χ1v) is 18.0. The smallest absolute Gasteiger partial charge is 0.172 e. The van der Waals surface area contributed by atoms with Gasteiger partial charge in [0.15, 0.2) is 0 Å². The van der Waals surface area contributed by atoms with Crippen molar-refractivity contribution in [3.8, 4) is 0 Å². The molecule has 4 rings (SSSR count). The SMILES string of the molecule is CC(C)(C)c1cc2[cH-]c3cc(C(C)(C)C)c(C(C)(C)C)cc3c2cc1C(C)(C)C.[CH2-]C(C)C.[CH2-]C(C)C.[CH2]=[Zr].c1cc[cH-]c1. The summed E-state index contributed by atoms with van der Waals surface area (Å²) in [6.45, 7) is 43.5. The van der Waals surface area contributed by atoms with E-state index in [0.29, 0.717) is 11.8 Å². The second-order valence-electron chi connectivity index (χ2n) is 16.9. The zero-order chi connectivity index (χ0) is 34.8. The Morgan fingerprint density at radius 3 is 0.932 bits per heavy atom. The average molecular weight is 674 g/mol. The van der Waals surface area contributed by atoms with Gasteiger partial charge < -0.3 is 13.8 Å². The van der Waals surface area contributed by atoms with E-state index in [2.05, 4.69) is 159 Å². The zero-order valence-corrected chi connectivity index (χ0v) is 34.0. The summed E-state index contributed by atoms with van der Waals surface area (Å²) in [5, 5.41) is 5.57. The summed E-state index contributed by atoms with van der Waals surface area (Å²) in [6, 6.07) is 22.3. The van der Waals surface area contributed by atoms with Crippen molar-refractivity contribution in [3.63, 3.8) is 0 Å². The Hall–Kier alpha value is -1.59. The van der Waals surface area contributed by atoms with Crippen LogP contribution in [0.25, 0.3) is 21.5 Å². The minimum absolute atomic E-state index is 0.124. The fourth-order valence-electron chi connectivity index (χ4n) is 4.91. The molecule has 4 aromatic rings. The quantitative estimate of drug-likeness (QED) is 0.163. The Morgan fingerprint density at radius 1 is 0.523 bits per heavy atom. The van der Waals surface area contributed by atoms with Crippen molar-refractivity contribution >= 4 is 25.8 Å². The van der Waals surface area contributed by atoms with E-state index in [1.807, 2.05) is 30.3 Å². The van der Waals surface area contributed by atoms with Gasteiger partial charge in [-0.05, 0) is 21.7 Å². The number of hydrogen-bond acceptors (Lipinski definition) is 0. The normalized spacial score (nSPS) is 12.0. The molecule has 0 amide bonds.